The number of benzene rings is 1. The van der Waals surface area contributed by atoms with Crippen LogP contribution in [0.3, 0.4) is 0 Å². The van der Waals surface area contributed by atoms with Crippen molar-refractivity contribution >= 4 is 17.2 Å². The monoisotopic (exact) mass is 238 g/mol. The van der Waals surface area contributed by atoms with Crippen molar-refractivity contribution in [2.24, 2.45) is 5.73 Å². The molecule has 0 heterocycles. The molecule has 0 saturated carbocycles. The topological polar surface area (TPSA) is 38.5 Å². The van der Waals surface area contributed by atoms with Crippen molar-refractivity contribution in [2.75, 3.05) is 20.7 Å². The van der Waals surface area contributed by atoms with Crippen LogP contribution in [0.25, 0.3) is 0 Å². The van der Waals surface area contributed by atoms with Gasteiger partial charge in [-0.05, 0) is 24.7 Å². The second-order valence-electron chi connectivity index (χ2n) is 3.80. The van der Waals surface area contributed by atoms with Gasteiger partial charge >= 0.3 is 0 Å². The minimum atomic E-state index is 0.571. The standard InChI is InChI=1S/C12H18N2OS/c1-14(8-7-12(13)16)9-10-3-5-11(15-2)6-4-10/h3-6H,7-9H2,1-2H3,(H2,13,16). The smallest absolute Gasteiger partial charge is 0.118 e. The van der Waals surface area contributed by atoms with Crippen molar-refractivity contribution in [1.82, 2.24) is 4.90 Å². The first kappa shape index (κ1) is 12.9. The third-order valence-corrected chi connectivity index (χ3v) is 2.56. The van der Waals surface area contributed by atoms with Crippen LogP contribution in [0.2, 0.25) is 0 Å². The molecule has 0 bridgehead atoms. The van der Waals surface area contributed by atoms with Gasteiger partial charge in [0.05, 0.1) is 12.1 Å². The van der Waals surface area contributed by atoms with Gasteiger partial charge in [-0.1, -0.05) is 24.4 Å². The van der Waals surface area contributed by atoms with Gasteiger partial charge in [-0.3, -0.25) is 0 Å². The molecular weight excluding hydrogens is 220 g/mol. The molecule has 0 aliphatic rings. The van der Waals surface area contributed by atoms with Crippen molar-refractivity contribution in [3.63, 3.8) is 0 Å². The van der Waals surface area contributed by atoms with Crippen LogP contribution >= 0.6 is 12.2 Å². The van der Waals surface area contributed by atoms with Gasteiger partial charge in [-0.2, -0.15) is 0 Å². The Morgan fingerprint density at radius 2 is 2.00 bits per heavy atom. The number of hydrogen-bond acceptors (Lipinski definition) is 3. The van der Waals surface area contributed by atoms with Crippen molar-refractivity contribution < 1.29 is 4.74 Å². The Morgan fingerprint density at radius 3 is 2.50 bits per heavy atom. The molecular formula is C12H18N2OS. The lowest BCUT2D eigenvalue weighted by Crippen LogP contribution is -2.23. The van der Waals surface area contributed by atoms with Gasteiger partial charge in [0, 0.05) is 19.5 Å². The fraction of sp³-hybridized carbons (Fsp3) is 0.417. The lowest BCUT2D eigenvalue weighted by molar-refractivity contribution is 0.337. The molecule has 3 nitrogen and oxygen atoms in total. The largest absolute Gasteiger partial charge is 0.497 e. The van der Waals surface area contributed by atoms with E-state index in [9.17, 15) is 0 Å². The van der Waals surface area contributed by atoms with E-state index in [1.165, 1.54) is 5.56 Å². The number of rotatable bonds is 6. The van der Waals surface area contributed by atoms with Crippen molar-refractivity contribution in [2.45, 2.75) is 13.0 Å². The van der Waals surface area contributed by atoms with E-state index >= 15 is 0 Å². The van der Waals surface area contributed by atoms with Crippen LogP contribution in [0.15, 0.2) is 24.3 Å². The fourth-order valence-electron chi connectivity index (χ4n) is 1.42. The summed E-state index contributed by atoms with van der Waals surface area (Å²) in [6.07, 6.45) is 0.766. The maximum Gasteiger partial charge on any atom is 0.118 e. The summed E-state index contributed by atoms with van der Waals surface area (Å²) in [5.74, 6) is 0.884. The zero-order valence-electron chi connectivity index (χ0n) is 9.77. The predicted octanol–water partition coefficient (Wildman–Crippen LogP) is 1.80. The van der Waals surface area contributed by atoms with Crippen LogP contribution in [0.1, 0.15) is 12.0 Å². The van der Waals surface area contributed by atoms with Gasteiger partial charge in [0.2, 0.25) is 0 Å². The van der Waals surface area contributed by atoms with E-state index in [0.29, 0.717) is 4.99 Å². The molecule has 0 aliphatic heterocycles. The molecule has 2 N–H and O–H groups in total. The van der Waals surface area contributed by atoms with Crippen molar-refractivity contribution in [1.29, 1.82) is 0 Å². The molecule has 16 heavy (non-hydrogen) atoms. The summed E-state index contributed by atoms with van der Waals surface area (Å²) in [5.41, 5.74) is 6.72. The van der Waals surface area contributed by atoms with Crippen LogP contribution in [-0.2, 0) is 6.54 Å². The van der Waals surface area contributed by atoms with Gasteiger partial charge in [0.15, 0.2) is 0 Å². The van der Waals surface area contributed by atoms with Crippen molar-refractivity contribution in [3.8, 4) is 5.75 Å². The first-order valence-electron chi connectivity index (χ1n) is 5.21. The number of hydrogen-bond donors (Lipinski definition) is 1. The highest BCUT2D eigenvalue weighted by molar-refractivity contribution is 7.80. The lowest BCUT2D eigenvalue weighted by Gasteiger charge is -2.16. The summed E-state index contributed by atoms with van der Waals surface area (Å²) >= 11 is 4.85. The Kier molecular flexibility index (Phi) is 5.22. The minimum absolute atomic E-state index is 0.571. The molecule has 0 spiro atoms. The summed E-state index contributed by atoms with van der Waals surface area (Å²) in [6, 6.07) is 8.07. The lowest BCUT2D eigenvalue weighted by atomic mass is 10.2. The van der Waals surface area contributed by atoms with Crippen LogP contribution in [0.5, 0.6) is 5.75 Å². The molecule has 0 aromatic heterocycles. The Bertz CT molecular complexity index is 337. The van der Waals surface area contributed by atoms with E-state index in [0.717, 1.165) is 25.3 Å². The Labute approximate surface area is 102 Å². The molecule has 4 heteroatoms. The van der Waals surface area contributed by atoms with Crippen LogP contribution in [-0.4, -0.2) is 30.6 Å². The third-order valence-electron chi connectivity index (χ3n) is 2.35. The highest BCUT2D eigenvalue weighted by atomic mass is 32.1. The van der Waals surface area contributed by atoms with E-state index in [1.54, 1.807) is 7.11 Å². The summed E-state index contributed by atoms with van der Waals surface area (Å²) in [7, 11) is 3.73. The number of thiocarbonyl (C=S) groups is 1. The summed E-state index contributed by atoms with van der Waals surface area (Å²) in [5, 5.41) is 0. The summed E-state index contributed by atoms with van der Waals surface area (Å²) < 4.78 is 5.11. The molecule has 0 aliphatic carbocycles. The Hall–Kier alpha value is -1.13. The maximum atomic E-state index is 5.46. The van der Waals surface area contributed by atoms with Gasteiger partial charge in [0.25, 0.3) is 0 Å². The normalized spacial score (nSPS) is 10.4. The highest BCUT2D eigenvalue weighted by Gasteiger charge is 2.01. The van der Waals surface area contributed by atoms with Crippen LogP contribution in [0, 0.1) is 0 Å². The predicted molar refractivity (Wildman–Crippen MR) is 70.7 cm³/mol. The third kappa shape index (κ3) is 4.59. The van der Waals surface area contributed by atoms with Crippen LogP contribution < -0.4 is 10.5 Å². The molecule has 0 unspecified atom stereocenters. The van der Waals surface area contributed by atoms with E-state index in [-0.39, 0.29) is 0 Å². The van der Waals surface area contributed by atoms with Gasteiger partial charge in [-0.25, -0.2) is 0 Å². The number of nitrogens with two attached hydrogens (primary N) is 1. The molecule has 0 atom stereocenters. The highest BCUT2D eigenvalue weighted by Crippen LogP contribution is 2.12. The first-order chi connectivity index (χ1) is 7.61. The number of methoxy groups -OCH3 is 1. The first-order valence-corrected chi connectivity index (χ1v) is 5.62. The molecule has 1 aromatic rings. The molecule has 1 rings (SSSR count). The molecule has 1 aromatic carbocycles. The summed E-state index contributed by atoms with van der Waals surface area (Å²) in [6.45, 7) is 1.79. The average Bonchev–Trinajstić information content (AvgIpc) is 2.27. The van der Waals surface area contributed by atoms with E-state index < -0.39 is 0 Å². The second-order valence-corrected chi connectivity index (χ2v) is 4.33. The van der Waals surface area contributed by atoms with Crippen molar-refractivity contribution in [3.05, 3.63) is 29.8 Å². The van der Waals surface area contributed by atoms with Gasteiger partial charge in [0.1, 0.15) is 5.75 Å². The Balaban J connectivity index is 2.43. The van der Waals surface area contributed by atoms with Gasteiger partial charge in [-0.15, -0.1) is 0 Å². The molecule has 88 valence electrons. The number of ether oxygens (including phenoxy) is 1. The summed E-state index contributed by atoms with van der Waals surface area (Å²) in [4.78, 5) is 2.77. The minimum Gasteiger partial charge on any atom is -0.497 e. The molecule has 0 fully saturated rings. The molecule has 0 saturated heterocycles. The zero-order chi connectivity index (χ0) is 12.0. The number of nitrogens with zero attached hydrogens (tertiary/aromatic N) is 1. The molecule has 0 amide bonds. The average molecular weight is 238 g/mol. The van der Waals surface area contributed by atoms with E-state index in [4.69, 9.17) is 22.7 Å². The maximum absolute atomic E-state index is 5.46. The molecule has 0 radical (unpaired) electrons. The zero-order valence-corrected chi connectivity index (χ0v) is 10.6. The fourth-order valence-corrected chi connectivity index (χ4v) is 1.51. The van der Waals surface area contributed by atoms with Gasteiger partial charge < -0.3 is 15.4 Å². The van der Waals surface area contributed by atoms with E-state index in [2.05, 4.69) is 24.1 Å². The second kappa shape index (κ2) is 6.45. The quantitative estimate of drug-likeness (QED) is 0.767. The SMILES string of the molecule is COc1ccc(CN(C)CCC(N)=S)cc1. The van der Waals surface area contributed by atoms with E-state index in [1.807, 2.05) is 12.1 Å². The Morgan fingerprint density at radius 1 is 1.38 bits per heavy atom. The van der Waals surface area contributed by atoms with Crippen LogP contribution in [0.4, 0.5) is 0 Å².